The summed E-state index contributed by atoms with van der Waals surface area (Å²) in [6, 6.07) is 20.0. The predicted octanol–water partition coefficient (Wildman–Crippen LogP) is 2.04. The predicted molar refractivity (Wildman–Crippen MR) is 104 cm³/mol. The molecule has 3 nitrogen and oxygen atoms in total. The highest BCUT2D eigenvalue weighted by Gasteiger charge is 2.51. The molecule has 0 amide bonds. The first kappa shape index (κ1) is 18.3. The molecule has 0 saturated heterocycles. The van der Waals surface area contributed by atoms with Crippen LogP contribution in [-0.2, 0) is 0 Å². The van der Waals surface area contributed by atoms with Gasteiger partial charge in [0, 0.05) is 0 Å². The van der Waals surface area contributed by atoms with Gasteiger partial charge in [0.25, 0.3) is 8.32 Å². The minimum absolute atomic E-state index is 0.228. The van der Waals surface area contributed by atoms with Gasteiger partial charge in [0.15, 0.2) is 0 Å². The summed E-state index contributed by atoms with van der Waals surface area (Å²) in [7, 11) is -3.00. The van der Waals surface area contributed by atoms with Gasteiger partial charge in [-0.1, -0.05) is 74.5 Å². The van der Waals surface area contributed by atoms with Gasteiger partial charge in [-0.3, -0.25) is 0 Å². The third-order valence-electron chi connectivity index (χ3n) is 5.76. The monoisotopic (exact) mass is 356 g/mol. The smallest absolute Gasteiger partial charge is 0.258 e. The van der Waals surface area contributed by atoms with Gasteiger partial charge < -0.3 is 15.0 Å². The highest BCUT2D eigenvalue weighted by Crippen LogP contribution is 2.45. The average Bonchev–Trinajstić information content (AvgIpc) is 2.92. The molecule has 0 unspecified atom stereocenters. The summed E-state index contributed by atoms with van der Waals surface area (Å²) >= 11 is 0. The van der Waals surface area contributed by atoms with E-state index in [1.54, 1.807) is 0 Å². The van der Waals surface area contributed by atoms with E-state index < -0.39 is 20.5 Å². The van der Waals surface area contributed by atoms with Crippen LogP contribution in [0.2, 0.25) is 5.04 Å². The van der Waals surface area contributed by atoms with Crippen LogP contribution in [0.5, 0.6) is 0 Å². The van der Waals surface area contributed by atoms with E-state index >= 15 is 0 Å². The minimum Gasteiger partial charge on any atom is -0.424 e. The lowest BCUT2D eigenvalue weighted by Crippen LogP contribution is -2.65. The Morgan fingerprint density at radius 3 is 1.64 bits per heavy atom. The maximum Gasteiger partial charge on any atom is 0.258 e. The Morgan fingerprint density at radius 1 is 0.840 bits per heavy atom. The van der Waals surface area contributed by atoms with Gasteiger partial charge in [0.1, 0.15) is 0 Å². The Hall–Kier alpha value is -1.46. The molecule has 0 spiro atoms. The van der Waals surface area contributed by atoms with E-state index in [-0.39, 0.29) is 11.0 Å². The Labute approximate surface area is 151 Å². The second-order valence-electron chi connectivity index (χ2n) is 8.00. The number of aliphatic hydroxyl groups is 2. The zero-order chi connectivity index (χ0) is 18.1. The van der Waals surface area contributed by atoms with E-state index in [4.69, 9.17) is 0 Å². The molecule has 1 aliphatic rings. The third kappa shape index (κ3) is 3.44. The van der Waals surface area contributed by atoms with Crippen molar-refractivity contribution in [2.24, 2.45) is 5.92 Å². The molecule has 0 radical (unpaired) electrons. The molecule has 4 heteroatoms. The van der Waals surface area contributed by atoms with Crippen LogP contribution in [0.1, 0.15) is 33.1 Å². The van der Waals surface area contributed by atoms with E-state index in [0.717, 1.165) is 16.8 Å². The Bertz CT molecular complexity index is 637. The zero-order valence-corrected chi connectivity index (χ0v) is 16.0. The molecule has 3 N–H and O–H groups in total. The molecular weight excluding hydrogens is 328 g/mol. The van der Waals surface area contributed by atoms with Gasteiger partial charge in [-0.25, -0.2) is 0 Å². The van der Waals surface area contributed by atoms with Crippen LogP contribution in [-0.4, -0.2) is 35.5 Å². The molecule has 1 aliphatic carbocycles. The summed E-state index contributed by atoms with van der Waals surface area (Å²) in [6.45, 7) is 4.27. The van der Waals surface area contributed by atoms with Crippen molar-refractivity contribution in [1.82, 2.24) is 0 Å². The highest BCUT2D eigenvalue weighted by atomic mass is 28.4. The number of rotatable bonds is 5. The summed E-state index contributed by atoms with van der Waals surface area (Å²) in [6.07, 6.45) is 0.735. The Kier molecular flexibility index (Phi) is 5.16. The summed E-state index contributed by atoms with van der Waals surface area (Å²) in [5.74, 6) is 0.228. The van der Waals surface area contributed by atoms with Crippen molar-refractivity contribution in [3.8, 4) is 0 Å². The van der Waals surface area contributed by atoms with Crippen LogP contribution >= 0.6 is 0 Å². The molecule has 25 heavy (non-hydrogen) atoms. The number of aliphatic hydroxyl groups excluding tert-OH is 2. The Morgan fingerprint density at radius 2 is 1.24 bits per heavy atom. The van der Waals surface area contributed by atoms with E-state index in [9.17, 15) is 15.0 Å². The maximum absolute atomic E-state index is 12.1. The fraction of sp³-hybridized carbons (Fsp3) is 0.429. The fourth-order valence-corrected chi connectivity index (χ4v) is 8.27. The second kappa shape index (κ2) is 7.04. The lowest BCUT2D eigenvalue weighted by molar-refractivity contribution is 0.0438. The molecular formula is C21H28O3Si. The average molecular weight is 357 g/mol. The topological polar surface area (TPSA) is 60.7 Å². The van der Waals surface area contributed by atoms with Crippen molar-refractivity contribution >= 4 is 18.7 Å². The van der Waals surface area contributed by atoms with Gasteiger partial charge in [-0.05, 0) is 40.6 Å². The molecule has 0 aliphatic heterocycles. The first-order chi connectivity index (χ1) is 11.8. The quantitative estimate of drug-likeness (QED) is 0.719. The van der Waals surface area contributed by atoms with Crippen molar-refractivity contribution in [2.75, 3.05) is 0 Å². The second-order valence-corrected chi connectivity index (χ2v) is 11.9. The molecule has 3 rings (SSSR count). The summed E-state index contributed by atoms with van der Waals surface area (Å²) in [5.41, 5.74) is 0. The normalized spacial score (nSPS) is 24.4. The minimum atomic E-state index is -3.00. The van der Waals surface area contributed by atoms with Gasteiger partial charge in [0.2, 0.25) is 0 Å². The molecule has 2 aromatic rings. The standard InChI is InChI=1S/C21H28O3Si/c1-21(2,15-16-13-19(22)20(23)14-16)25(24,17-9-5-3-6-10-17)18-11-7-4-8-12-18/h3-12,16,19-20,22-24H,13-15H2,1-2H3/t16-,19+,20-. The van der Waals surface area contributed by atoms with Crippen molar-refractivity contribution in [3.05, 3.63) is 60.7 Å². The summed E-state index contributed by atoms with van der Waals surface area (Å²) in [4.78, 5) is 12.1. The molecule has 3 atom stereocenters. The van der Waals surface area contributed by atoms with Crippen LogP contribution in [0.3, 0.4) is 0 Å². The third-order valence-corrected chi connectivity index (χ3v) is 10.3. The number of benzene rings is 2. The van der Waals surface area contributed by atoms with Crippen LogP contribution in [0.15, 0.2) is 60.7 Å². The first-order valence-electron chi connectivity index (χ1n) is 9.04. The number of hydrogen-bond donors (Lipinski definition) is 3. The van der Waals surface area contributed by atoms with E-state index in [1.165, 1.54) is 0 Å². The lowest BCUT2D eigenvalue weighted by atomic mass is 9.95. The van der Waals surface area contributed by atoms with Crippen LogP contribution in [0.4, 0.5) is 0 Å². The van der Waals surface area contributed by atoms with Gasteiger partial charge in [-0.2, -0.15) is 0 Å². The van der Waals surface area contributed by atoms with Crippen LogP contribution in [0, 0.1) is 5.92 Å². The van der Waals surface area contributed by atoms with E-state index in [2.05, 4.69) is 13.8 Å². The molecule has 0 heterocycles. The van der Waals surface area contributed by atoms with Crippen molar-refractivity contribution < 1.29 is 15.0 Å². The molecule has 0 aromatic heterocycles. The molecule has 1 saturated carbocycles. The highest BCUT2D eigenvalue weighted by molar-refractivity contribution is 6.98. The van der Waals surface area contributed by atoms with Gasteiger partial charge >= 0.3 is 0 Å². The Balaban J connectivity index is 1.99. The van der Waals surface area contributed by atoms with E-state index in [0.29, 0.717) is 12.8 Å². The number of hydrogen-bond acceptors (Lipinski definition) is 3. The molecule has 0 bridgehead atoms. The SMILES string of the molecule is CC(C)(C[C@H]1C[C@@H](O)[C@@H](O)C1)[Si](O)(c1ccccc1)c1ccccc1. The first-order valence-corrected chi connectivity index (χ1v) is 11.0. The summed E-state index contributed by atoms with van der Waals surface area (Å²) in [5, 5.41) is 21.5. The van der Waals surface area contributed by atoms with Crippen LogP contribution in [0.25, 0.3) is 0 Å². The molecule has 134 valence electrons. The van der Waals surface area contributed by atoms with Crippen molar-refractivity contribution in [3.63, 3.8) is 0 Å². The lowest BCUT2D eigenvalue weighted by Gasteiger charge is -2.42. The summed E-state index contributed by atoms with van der Waals surface area (Å²) < 4.78 is 0. The fourth-order valence-electron chi connectivity index (χ4n) is 4.44. The molecule has 1 fully saturated rings. The van der Waals surface area contributed by atoms with Gasteiger partial charge in [0.05, 0.1) is 12.2 Å². The molecule has 2 aromatic carbocycles. The van der Waals surface area contributed by atoms with Crippen molar-refractivity contribution in [2.45, 2.75) is 50.4 Å². The van der Waals surface area contributed by atoms with Gasteiger partial charge in [-0.15, -0.1) is 0 Å². The van der Waals surface area contributed by atoms with Crippen molar-refractivity contribution in [1.29, 1.82) is 0 Å². The largest absolute Gasteiger partial charge is 0.424 e. The maximum atomic E-state index is 12.1. The van der Waals surface area contributed by atoms with Crippen LogP contribution < -0.4 is 10.4 Å². The van der Waals surface area contributed by atoms with E-state index in [1.807, 2.05) is 60.7 Å². The zero-order valence-electron chi connectivity index (χ0n) is 15.0.